The number of aryl methyl sites for hydroxylation is 4. The van der Waals surface area contributed by atoms with E-state index in [1.54, 1.807) is 0 Å². The van der Waals surface area contributed by atoms with Gasteiger partial charge in [-0.3, -0.25) is 5.41 Å². The summed E-state index contributed by atoms with van der Waals surface area (Å²) in [4.78, 5) is 0. The van der Waals surface area contributed by atoms with Crippen molar-refractivity contribution < 1.29 is 0 Å². The van der Waals surface area contributed by atoms with Gasteiger partial charge in [0.2, 0.25) is 0 Å². The number of rotatable bonds is 6. The van der Waals surface area contributed by atoms with Crippen molar-refractivity contribution in [3.05, 3.63) is 154 Å². The topological polar surface area (TPSA) is 35.9 Å². The van der Waals surface area contributed by atoms with Crippen molar-refractivity contribution in [3.63, 3.8) is 0 Å². The predicted octanol–water partition coefficient (Wildman–Crippen LogP) is 8.97. The molecule has 5 rings (SSSR count). The van der Waals surface area contributed by atoms with E-state index in [0.29, 0.717) is 5.71 Å². The fourth-order valence-electron chi connectivity index (χ4n) is 5.20. The molecule has 0 atom stereocenters. The molecule has 2 heteroatoms. The van der Waals surface area contributed by atoms with E-state index in [2.05, 4.69) is 130 Å². The average molecular weight is 481 g/mol. The summed E-state index contributed by atoms with van der Waals surface area (Å²) in [5.74, 6) is 0. The molecule has 2 nitrogen and oxygen atoms in total. The van der Waals surface area contributed by atoms with Crippen LogP contribution in [0.2, 0.25) is 0 Å². The summed E-state index contributed by atoms with van der Waals surface area (Å²) < 4.78 is 0. The molecular weight excluding hydrogens is 448 g/mol. The van der Waals surface area contributed by atoms with Gasteiger partial charge in [-0.25, -0.2) is 0 Å². The highest BCUT2D eigenvalue weighted by Gasteiger charge is 2.22. The van der Waals surface area contributed by atoms with Crippen LogP contribution in [0.1, 0.15) is 33.4 Å². The van der Waals surface area contributed by atoms with Crippen LogP contribution in [0.25, 0.3) is 16.8 Å². The van der Waals surface area contributed by atoms with Crippen LogP contribution in [0, 0.1) is 33.1 Å². The van der Waals surface area contributed by atoms with Gasteiger partial charge in [0.25, 0.3) is 0 Å². The van der Waals surface area contributed by atoms with Gasteiger partial charge in [-0.15, -0.1) is 0 Å². The first-order valence-corrected chi connectivity index (χ1v) is 12.7. The van der Waals surface area contributed by atoms with E-state index in [4.69, 9.17) is 0 Å². The SMILES string of the molecule is Cc1cccc(C)c1N/C(=C1\C=CC=C1C(=N)c1ccccc1-c1c(C)cccc1C)c1ccccc1. The third-order valence-corrected chi connectivity index (χ3v) is 7.10. The standard InChI is InChI=1S/C35H32N2/c1-23-13-10-14-24(2)32(23)28-19-8-9-20-29(28)33(36)30-21-12-22-31(30)35(27-17-6-5-7-18-27)37-34-25(3)15-11-16-26(34)4/h5-22,36-37H,1-4H3/b35-31+,36-33?. The number of nitrogens with one attached hydrogen (secondary N) is 2. The highest BCUT2D eigenvalue weighted by atomic mass is 14.9. The molecule has 0 fully saturated rings. The maximum absolute atomic E-state index is 9.44. The first-order chi connectivity index (χ1) is 18.0. The number of hydrogen-bond donors (Lipinski definition) is 2. The summed E-state index contributed by atoms with van der Waals surface area (Å²) in [6.45, 7) is 8.55. The molecule has 0 heterocycles. The molecule has 4 aromatic rings. The van der Waals surface area contributed by atoms with Crippen LogP contribution in [0.3, 0.4) is 0 Å². The Kier molecular flexibility index (Phi) is 6.74. The van der Waals surface area contributed by atoms with E-state index in [-0.39, 0.29) is 0 Å². The van der Waals surface area contributed by atoms with Crippen LogP contribution in [-0.2, 0) is 0 Å². The first kappa shape index (κ1) is 24.3. The Balaban J connectivity index is 1.65. The van der Waals surface area contributed by atoms with Gasteiger partial charge in [0.15, 0.2) is 0 Å². The maximum Gasteiger partial charge on any atom is 0.0697 e. The first-order valence-electron chi connectivity index (χ1n) is 12.7. The van der Waals surface area contributed by atoms with Crippen molar-refractivity contribution in [1.82, 2.24) is 0 Å². The summed E-state index contributed by atoms with van der Waals surface area (Å²) in [7, 11) is 0. The Hall–Kier alpha value is -4.43. The molecule has 1 aliphatic carbocycles. The Morgan fingerprint density at radius 3 is 1.92 bits per heavy atom. The zero-order valence-electron chi connectivity index (χ0n) is 21.9. The fraction of sp³-hybridized carbons (Fsp3) is 0.114. The molecule has 0 spiro atoms. The second-order valence-corrected chi connectivity index (χ2v) is 9.67. The van der Waals surface area contributed by atoms with Crippen LogP contribution in [0.15, 0.2) is 120 Å². The molecule has 0 amide bonds. The van der Waals surface area contributed by atoms with Crippen LogP contribution < -0.4 is 5.32 Å². The molecule has 1 aliphatic rings. The van der Waals surface area contributed by atoms with E-state index in [1.165, 1.54) is 27.8 Å². The summed E-state index contributed by atoms with van der Waals surface area (Å²) >= 11 is 0. The van der Waals surface area contributed by atoms with Gasteiger partial charge in [0.1, 0.15) is 0 Å². The lowest BCUT2D eigenvalue weighted by molar-refractivity contribution is 1.35. The summed E-state index contributed by atoms with van der Waals surface area (Å²) in [6, 6.07) is 31.4. The number of anilines is 1. The van der Waals surface area contributed by atoms with Crippen LogP contribution >= 0.6 is 0 Å². The number of allylic oxidation sites excluding steroid dienone is 5. The van der Waals surface area contributed by atoms with E-state index >= 15 is 0 Å². The normalized spacial score (nSPS) is 13.9. The molecule has 0 bridgehead atoms. The van der Waals surface area contributed by atoms with Crippen molar-refractivity contribution in [3.8, 4) is 11.1 Å². The minimum Gasteiger partial charge on any atom is -0.354 e. The van der Waals surface area contributed by atoms with Crippen molar-refractivity contribution in [2.24, 2.45) is 0 Å². The Bertz CT molecular complexity index is 1540. The monoisotopic (exact) mass is 480 g/mol. The fourth-order valence-corrected chi connectivity index (χ4v) is 5.20. The van der Waals surface area contributed by atoms with E-state index < -0.39 is 0 Å². The summed E-state index contributed by atoms with van der Waals surface area (Å²) in [5.41, 5.74) is 13.7. The summed E-state index contributed by atoms with van der Waals surface area (Å²) in [5, 5.41) is 13.2. The molecule has 0 unspecified atom stereocenters. The molecule has 0 saturated heterocycles. The summed E-state index contributed by atoms with van der Waals surface area (Å²) in [6.07, 6.45) is 6.24. The van der Waals surface area contributed by atoms with Gasteiger partial charge in [0, 0.05) is 22.4 Å². The van der Waals surface area contributed by atoms with Crippen LogP contribution in [-0.4, -0.2) is 5.71 Å². The van der Waals surface area contributed by atoms with Crippen molar-refractivity contribution in [2.75, 3.05) is 5.32 Å². The van der Waals surface area contributed by atoms with E-state index in [9.17, 15) is 5.41 Å². The highest BCUT2D eigenvalue weighted by molar-refractivity contribution is 6.19. The van der Waals surface area contributed by atoms with E-state index in [1.807, 2.05) is 12.1 Å². The smallest absolute Gasteiger partial charge is 0.0697 e. The van der Waals surface area contributed by atoms with Crippen molar-refractivity contribution >= 4 is 17.1 Å². The van der Waals surface area contributed by atoms with Crippen molar-refractivity contribution in [2.45, 2.75) is 27.7 Å². The zero-order valence-corrected chi connectivity index (χ0v) is 21.9. The molecule has 2 N–H and O–H groups in total. The van der Waals surface area contributed by atoms with Crippen LogP contribution in [0.4, 0.5) is 5.69 Å². The number of para-hydroxylation sites is 1. The quantitative estimate of drug-likeness (QED) is 0.265. The lowest BCUT2D eigenvalue weighted by Gasteiger charge is -2.21. The molecule has 0 aromatic heterocycles. The average Bonchev–Trinajstić information content (AvgIpc) is 3.38. The molecule has 4 aromatic carbocycles. The molecular formula is C35H32N2. The van der Waals surface area contributed by atoms with Gasteiger partial charge in [-0.05, 0) is 66.6 Å². The molecule has 182 valence electrons. The third-order valence-electron chi connectivity index (χ3n) is 7.10. The largest absolute Gasteiger partial charge is 0.354 e. The van der Waals surface area contributed by atoms with Gasteiger partial charge >= 0.3 is 0 Å². The highest BCUT2D eigenvalue weighted by Crippen LogP contribution is 2.36. The number of hydrogen-bond acceptors (Lipinski definition) is 2. The molecule has 0 saturated carbocycles. The van der Waals surface area contributed by atoms with Gasteiger partial charge in [-0.1, -0.05) is 109 Å². The lowest BCUT2D eigenvalue weighted by Crippen LogP contribution is -2.11. The Labute approximate surface area is 220 Å². The van der Waals surface area contributed by atoms with Crippen LogP contribution in [0.5, 0.6) is 0 Å². The minimum absolute atomic E-state index is 0.523. The lowest BCUT2D eigenvalue weighted by atomic mass is 9.87. The van der Waals surface area contributed by atoms with Gasteiger partial charge in [0.05, 0.1) is 11.4 Å². The van der Waals surface area contributed by atoms with Gasteiger partial charge < -0.3 is 5.32 Å². The van der Waals surface area contributed by atoms with Gasteiger partial charge in [-0.2, -0.15) is 0 Å². The Morgan fingerprint density at radius 1 is 0.649 bits per heavy atom. The Morgan fingerprint density at radius 2 is 1.24 bits per heavy atom. The van der Waals surface area contributed by atoms with Crippen molar-refractivity contribution in [1.29, 1.82) is 5.41 Å². The van der Waals surface area contributed by atoms with E-state index in [0.717, 1.165) is 39.2 Å². The zero-order chi connectivity index (χ0) is 25.9. The second-order valence-electron chi connectivity index (χ2n) is 9.67. The minimum atomic E-state index is 0.523. The second kappa shape index (κ2) is 10.3. The molecule has 0 radical (unpaired) electrons. The molecule has 0 aliphatic heterocycles. The maximum atomic E-state index is 9.44. The number of benzene rings is 4. The predicted molar refractivity (Wildman–Crippen MR) is 158 cm³/mol. The molecule has 37 heavy (non-hydrogen) atoms. The third kappa shape index (κ3) is 4.71.